The molecule has 5 saturated carbocycles. The van der Waals surface area contributed by atoms with E-state index in [0.717, 1.165) is 49.8 Å². The van der Waals surface area contributed by atoms with Crippen molar-refractivity contribution in [2.45, 2.75) is 196 Å². The third-order valence-corrected chi connectivity index (χ3v) is 19.8. The number of hydrogen-bond acceptors (Lipinski definition) is 14. The van der Waals surface area contributed by atoms with Gasteiger partial charge in [-0.15, -0.1) is 0 Å². The maximum Gasteiger partial charge on any atom is 0.182 e. The van der Waals surface area contributed by atoms with Crippen LogP contribution in [0.15, 0.2) is 46.8 Å². The summed E-state index contributed by atoms with van der Waals surface area (Å²) in [6.07, 6.45) is 12.4. The van der Waals surface area contributed by atoms with E-state index in [-0.39, 0.29) is 93.6 Å². The lowest BCUT2D eigenvalue weighted by molar-refractivity contribution is -0.259. The average molecular weight is 938 g/mol. The van der Waals surface area contributed by atoms with E-state index in [1.165, 1.54) is 0 Å². The van der Waals surface area contributed by atoms with Crippen LogP contribution in [-0.4, -0.2) is 131 Å². The van der Waals surface area contributed by atoms with Gasteiger partial charge in [0.2, 0.25) is 0 Å². The van der Waals surface area contributed by atoms with E-state index < -0.39 is 88.0 Å². The summed E-state index contributed by atoms with van der Waals surface area (Å²) in [5, 5.41) is 115. The Bertz CT molecular complexity index is 1970. The number of nitrogens with two attached hydrogens (primary N) is 1. The predicted octanol–water partition coefficient (Wildman–Crippen LogP) is 3.12. The van der Waals surface area contributed by atoms with Gasteiger partial charge in [-0.2, -0.15) is 0 Å². The molecule has 20 atom stereocenters. The van der Waals surface area contributed by atoms with Crippen LogP contribution in [0.5, 0.6) is 0 Å². The quantitative estimate of drug-likeness (QED) is 0.119. The minimum atomic E-state index is -1.90. The van der Waals surface area contributed by atoms with E-state index in [1.54, 1.807) is 13.8 Å². The molecule has 9 aliphatic rings. The monoisotopic (exact) mass is 938 g/mol. The number of dihydropyridines is 1. The van der Waals surface area contributed by atoms with Crippen molar-refractivity contribution in [3.63, 3.8) is 0 Å². The number of carbonyl (C=O) groups is 1. The smallest absolute Gasteiger partial charge is 0.182 e. The van der Waals surface area contributed by atoms with Crippen LogP contribution in [0.1, 0.15) is 136 Å². The number of ketones is 1. The molecule has 14 heteroatoms. The molecule has 2 heterocycles. The minimum absolute atomic E-state index is 0.0105. The van der Waals surface area contributed by atoms with Crippen LogP contribution in [0, 0.1) is 58.2 Å². The summed E-state index contributed by atoms with van der Waals surface area (Å²) in [7, 11) is 0. The molecule has 376 valence electrons. The van der Waals surface area contributed by atoms with Crippen LogP contribution in [0.3, 0.4) is 0 Å². The third kappa shape index (κ3) is 7.88. The van der Waals surface area contributed by atoms with Crippen LogP contribution in [0.25, 0.3) is 0 Å². The average Bonchev–Trinajstić information content (AvgIpc) is 3.61. The summed E-state index contributed by atoms with van der Waals surface area (Å²) < 4.78 is 7.02. The fraction of sp³-hybridized carbons (Fsp3) is 0.830. The molecule has 6 fully saturated rings. The summed E-state index contributed by atoms with van der Waals surface area (Å²) in [5.41, 5.74) is 1.11. The van der Waals surface area contributed by atoms with E-state index in [4.69, 9.17) is 10.5 Å². The number of allylic oxidation sites excluding steroid dienone is 6. The normalized spacial score (nSPS) is 47.3. The topological polar surface area (TPSA) is 258 Å². The fourth-order valence-electron chi connectivity index (χ4n) is 17.0. The van der Waals surface area contributed by atoms with Crippen LogP contribution in [0.4, 0.5) is 0 Å². The molecule has 20 unspecified atom stereocenters. The van der Waals surface area contributed by atoms with Crippen LogP contribution in [0.2, 0.25) is 0 Å². The van der Waals surface area contributed by atoms with Gasteiger partial charge in [-0.25, -0.2) is 0 Å². The molecule has 0 aromatic rings. The second-order valence-electron chi connectivity index (χ2n) is 23.3. The van der Waals surface area contributed by atoms with Crippen molar-refractivity contribution in [2.75, 3.05) is 19.8 Å². The maximum atomic E-state index is 15.6. The van der Waals surface area contributed by atoms with Gasteiger partial charge in [0.1, 0.15) is 5.60 Å². The summed E-state index contributed by atoms with van der Waals surface area (Å²) >= 11 is 0. The highest BCUT2D eigenvalue weighted by Gasteiger charge is 2.76. The standard InChI is InChI=1S/C53H83N3O11/c1-4-7-30-10-14-34-40(16-11-30)67-48-43(34)37(60)9-5-19-53(48,66)49(3,64)41-18-20-52(65)45-44-32(26-51(41,52)21-23-58)13-12-31(33-15-17-42(54)56-36(33)8-6-22-57)25-50(44)27-39(62)38(61)24-35(50)47(63)46(45)55-28-29(2)59/h12-13,15,17,29-32,34-35,37-44,48,55-62,64-66H,4-11,14,16,18-28,54H2,1-3H3. The molecular weight excluding hydrogens is 855 g/mol. The van der Waals surface area contributed by atoms with Crippen molar-refractivity contribution in [1.82, 2.24) is 10.6 Å². The van der Waals surface area contributed by atoms with Gasteiger partial charge >= 0.3 is 0 Å². The zero-order valence-electron chi connectivity index (χ0n) is 40.2. The first-order chi connectivity index (χ1) is 31.9. The Morgan fingerprint density at radius 2 is 1.75 bits per heavy atom. The van der Waals surface area contributed by atoms with Crippen molar-refractivity contribution in [2.24, 2.45) is 63.9 Å². The molecular formula is C53H83N3O11. The summed E-state index contributed by atoms with van der Waals surface area (Å²) in [6, 6.07) is 0. The lowest BCUT2D eigenvalue weighted by Crippen LogP contribution is -2.70. The van der Waals surface area contributed by atoms with E-state index in [2.05, 4.69) is 29.7 Å². The number of ether oxygens (including phenoxy) is 1. The van der Waals surface area contributed by atoms with E-state index in [0.29, 0.717) is 50.0 Å². The van der Waals surface area contributed by atoms with Gasteiger partial charge in [-0.05, 0) is 162 Å². The molecule has 0 bridgehead atoms. The molecule has 7 aliphatic carbocycles. The molecule has 0 aromatic heterocycles. The highest BCUT2D eigenvalue weighted by Crippen LogP contribution is 2.74. The van der Waals surface area contributed by atoms with Crippen molar-refractivity contribution in [3.8, 4) is 0 Å². The lowest BCUT2D eigenvalue weighted by atomic mass is 9.40. The molecule has 0 radical (unpaired) electrons. The Balaban J connectivity index is 1.20. The highest BCUT2D eigenvalue weighted by atomic mass is 16.5. The number of carbonyl (C=O) groups excluding carboxylic acids is 1. The highest BCUT2D eigenvalue weighted by molar-refractivity contribution is 6.00. The number of Topliss-reactive ketones (excluding diaryl/α,β-unsaturated/α-hetero) is 1. The third-order valence-electron chi connectivity index (χ3n) is 19.8. The van der Waals surface area contributed by atoms with Gasteiger partial charge < -0.3 is 67.1 Å². The molecule has 2 aliphatic heterocycles. The van der Waals surface area contributed by atoms with Crippen LogP contribution in [-0.2, 0) is 9.53 Å². The second kappa shape index (κ2) is 18.8. The van der Waals surface area contributed by atoms with E-state index in [9.17, 15) is 46.0 Å². The van der Waals surface area contributed by atoms with Gasteiger partial charge in [0, 0.05) is 48.6 Å². The second-order valence-corrected chi connectivity index (χ2v) is 23.3. The Kier molecular flexibility index (Phi) is 13.9. The van der Waals surface area contributed by atoms with Crippen LogP contribution >= 0.6 is 0 Å². The Morgan fingerprint density at radius 3 is 2.48 bits per heavy atom. The van der Waals surface area contributed by atoms with Crippen molar-refractivity contribution in [1.29, 1.82) is 0 Å². The lowest BCUT2D eigenvalue weighted by Gasteiger charge is -2.65. The largest absolute Gasteiger partial charge is 0.396 e. The zero-order chi connectivity index (χ0) is 47.8. The van der Waals surface area contributed by atoms with Crippen molar-refractivity contribution < 1.29 is 55.5 Å². The van der Waals surface area contributed by atoms with Crippen molar-refractivity contribution >= 4 is 5.78 Å². The zero-order valence-corrected chi connectivity index (χ0v) is 40.2. The predicted molar refractivity (Wildman–Crippen MR) is 251 cm³/mol. The van der Waals surface area contributed by atoms with Gasteiger partial charge in [0.15, 0.2) is 5.78 Å². The Morgan fingerprint density at radius 1 is 0.970 bits per heavy atom. The van der Waals surface area contributed by atoms with Gasteiger partial charge in [-0.1, -0.05) is 44.4 Å². The number of hydrogen-bond donors (Lipinski definition) is 12. The number of nitrogens with one attached hydrogen (secondary N) is 2. The summed E-state index contributed by atoms with van der Waals surface area (Å²) in [6.45, 7) is 5.19. The maximum absolute atomic E-state index is 15.6. The van der Waals surface area contributed by atoms with Gasteiger partial charge in [-0.3, -0.25) is 4.79 Å². The minimum Gasteiger partial charge on any atom is -0.396 e. The first-order valence-electron chi connectivity index (χ1n) is 26.3. The number of rotatable bonds is 13. The molecule has 0 amide bonds. The fourth-order valence-corrected chi connectivity index (χ4v) is 17.0. The van der Waals surface area contributed by atoms with Gasteiger partial charge in [0.25, 0.3) is 0 Å². The molecule has 1 saturated heterocycles. The van der Waals surface area contributed by atoms with E-state index in [1.807, 2.05) is 12.2 Å². The van der Waals surface area contributed by atoms with Gasteiger partial charge in [0.05, 0.1) is 59.7 Å². The molecule has 9 rings (SSSR count). The first-order valence-corrected chi connectivity index (χ1v) is 26.3. The van der Waals surface area contributed by atoms with E-state index >= 15 is 4.79 Å². The molecule has 14 nitrogen and oxygen atoms in total. The number of aliphatic hydroxyl groups is 9. The van der Waals surface area contributed by atoms with Crippen LogP contribution < -0.4 is 16.4 Å². The molecule has 67 heavy (non-hydrogen) atoms. The Hall–Kier alpha value is -2.21. The molecule has 0 aromatic carbocycles. The number of aliphatic hydroxyl groups excluding tert-OH is 6. The Labute approximate surface area is 397 Å². The summed E-state index contributed by atoms with van der Waals surface area (Å²) in [4.78, 5) is 15.6. The SMILES string of the molecule is CCCC1CCC2OC3C(C(O)CCCC3(O)C(C)(O)C3CCC4(O)C5=C(NCC(C)O)C(=O)C6CC(O)C(O)CC67CC(C6=C(CCCO)NC(N)C=C6)C=CC(CC34CCO)C57)C2CC1. The molecule has 13 N–H and O–H groups in total. The number of fused-ring (bicyclic) bond motifs is 5. The summed E-state index contributed by atoms with van der Waals surface area (Å²) in [5.74, 6) is -2.81. The first kappa shape index (κ1) is 49.8. The molecule has 1 spiro atoms. The van der Waals surface area contributed by atoms with Crippen molar-refractivity contribution in [3.05, 3.63) is 46.8 Å².